The molecule has 0 spiro atoms. The average molecular weight is 343 g/mol. The van der Waals surface area contributed by atoms with Gasteiger partial charge in [-0.15, -0.1) is 12.4 Å². The minimum atomic E-state index is -0.336. The molecule has 3 aromatic rings. The van der Waals surface area contributed by atoms with Crippen LogP contribution in [0.25, 0.3) is 10.9 Å². The first kappa shape index (κ1) is 16.6. The van der Waals surface area contributed by atoms with Gasteiger partial charge in [-0.05, 0) is 17.2 Å². The normalized spacial score (nSPS) is 19.4. The summed E-state index contributed by atoms with van der Waals surface area (Å²) in [6.07, 6.45) is 0.634. The number of fused-ring (bicyclic) bond motifs is 3. The minimum Gasteiger partial charge on any atom is -0.468 e. The zero-order valence-electron chi connectivity index (χ0n) is 13.3. The van der Waals surface area contributed by atoms with Crippen molar-refractivity contribution in [1.29, 1.82) is 0 Å². The van der Waals surface area contributed by atoms with E-state index in [1.54, 1.807) is 0 Å². The van der Waals surface area contributed by atoms with Crippen LogP contribution >= 0.6 is 12.4 Å². The van der Waals surface area contributed by atoms with E-state index >= 15 is 0 Å². The number of hydrogen-bond acceptors (Lipinski definition) is 3. The Kier molecular flexibility index (Phi) is 4.60. The van der Waals surface area contributed by atoms with E-state index in [4.69, 9.17) is 4.74 Å². The fourth-order valence-corrected chi connectivity index (χ4v) is 3.44. The number of methoxy groups -OCH3 is 1. The minimum absolute atomic E-state index is 0. The SMILES string of the molecule is COC(=O)C1Cc2c([nH]c3ccccc23)C(c2ccccc2)N1.Cl. The zero-order chi connectivity index (χ0) is 15.8. The van der Waals surface area contributed by atoms with Gasteiger partial charge in [-0.2, -0.15) is 0 Å². The van der Waals surface area contributed by atoms with Crippen molar-refractivity contribution in [1.82, 2.24) is 10.3 Å². The van der Waals surface area contributed by atoms with Crippen molar-refractivity contribution in [2.45, 2.75) is 18.5 Å². The van der Waals surface area contributed by atoms with Crippen LogP contribution in [0, 0.1) is 0 Å². The molecule has 2 heterocycles. The highest BCUT2D eigenvalue weighted by atomic mass is 35.5. The van der Waals surface area contributed by atoms with E-state index in [-0.39, 0.29) is 30.5 Å². The van der Waals surface area contributed by atoms with Crippen molar-refractivity contribution in [2.75, 3.05) is 7.11 Å². The van der Waals surface area contributed by atoms with Gasteiger partial charge < -0.3 is 9.72 Å². The first-order valence-electron chi connectivity index (χ1n) is 7.76. The van der Waals surface area contributed by atoms with E-state index in [9.17, 15) is 4.79 Å². The summed E-state index contributed by atoms with van der Waals surface area (Å²) in [5.74, 6) is -0.220. The Morgan fingerprint density at radius 2 is 1.79 bits per heavy atom. The number of rotatable bonds is 2. The number of benzene rings is 2. The fraction of sp³-hybridized carbons (Fsp3) is 0.211. The second-order valence-electron chi connectivity index (χ2n) is 5.85. The van der Waals surface area contributed by atoms with Gasteiger partial charge >= 0.3 is 5.97 Å². The summed E-state index contributed by atoms with van der Waals surface area (Å²) in [4.78, 5) is 15.6. The van der Waals surface area contributed by atoms with Crippen LogP contribution in [0.3, 0.4) is 0 Å². The van der Waals surface area contributed by atoms with Crippen molar-refractivity contribution >= 4 is 29.3 Å². The lowest BCUT2D eigenvalue weighted by molar-refractivity contribution is -0.143. The van der Waals surface area contributed by atoms with Gasteiger partial charge in [0, 0.05) is 23.0 Å². The van der Waals surface area contributed by atoms with Gasteiger partial charge in [-0.3, -0.25) is 10.1 Å². The molecule has 0 amide bonds. The highest BCUT2D eigenvalue weighted by molar-refractivity contribution is 5.87. The number of aromatic nitrogens is 1. The third kappa shape index (κ3) is 2.68. The van der Waals surface area contributed by atoms with E-state index in [0.29, 0.717) is 6.42 Å². The molecule has 0 saturated carbocycles. The molecule has 0 radical (unpaired) electrons. The predicted molar refractivity (Wildman–Crippen MR) is 96.5 cm³/mol. The van der Waals surface area contributed by atoms with Crippen molar-refractivity contribution in [3.8, 4) is 0 Å². The molecule has 2 atom stereocenters. The maximum Gasteiger partial charge on any atom is 0.323 e. The van der Waals surface area contributed by atoms with Crippen molar-refractivity contribution in [2.24, 2.45) is 0 Å². The largest absolute Gasteiger partial charge is 0.468 e. The van der Waals surface area contributed by atoms with Crippen LogP contribution in [0.4, 0.5) is 0 Å². The molecule has 4 rings (SSSR count). The molecule has 2 unspecified atom stereocenters. The summed E-state index contributed by atoms with van der Waals surface area (Å²) in [6, 6.07) is 18.0. The van der Waals surface area contributed by atoms with Gasteiger partial charge in [0.05, 0.1) is 13.2 Å². The summed E-state index contributed by atoms with van der Waals surface area (Å²) in [7, 11) is 1.44. The van der Waals surface area contributed by atoms with Crippen molar-refractivity contribution < 1.29 is 9.53 Å². The number of para-hydroxylation sites is 1. The second-order valence-corrected chi connectivity index (χ2v) is 5.85. The number of H-pyrrole nitrogens is 1. The monoisotopic (exact) mass is 342 g/mol. The number of halogens is 1. The highest BCUT2D eigenvalue weighted by Gasteiger charge is 2.34. The van der Waals surface area contributed by atoms with Crippen LogP contribution in [0.15, 0.2) is 54.6 Å². The van der Waals surface area contributed by atoms with E-state index in [0.717, 1.165) is 16.8 Å². The predicted octanol–water partition coefficient (Wildman–Crippen LogP) is 3.37. The Hall–Kier alpha value is -2.30. The van der Waals surface area contributed by atoms with Crippen LogP contribution < -0.4 is 5.32 Å². The standard InChI is InChI=1S/C19H18N2O2.ClH/c1-23-19(22)16-11-14-13-9-5-6-10-15(13)20-18(14)17(21-16)12-7-3-2-4-8-12;/h2-10,16-17,20-21H,11H2,1H3;1H. The van der Waals surface area contributed by atoms with E-state index in [1.807, 2.05) is 30.3 Å². The van der Waals surface area contributed by atoms with Crippen LogP contribution in [0.5, 0.6) is 0 Å². The number of carbonyl (C=O) groups excluding carboxylic acids is 1. The topological polar surface area (TPSA) is 54.1 Å². The van der Waals surface area contributed by atoms with E-state index in [2.05, 4.69) is 34.6 Å². The molecule has 5 heteroatoms. The second kappa shape index (κ2) is 6.67. The fourth-order valence-electron chi connectivity index (χ4n) is 3.44. The molecule has 1 aromatic heterocycles. The molecule has 0 fully saturated rings. The molecule has 124 valence electrons. The lowest BCUT2D eigenvalue weighted by Gasteiger charge is -2.30. The Balaban J connectivity index is 0.00000169. The smallest absolute Gasteiger partial charge is 0.323 e. The summed E-state index contributed by atoms with van der Waals surface area (Å²) in [5.41, 5.74) is 4.57. The molecular weight excluding hydrogens is 324 g/mol. The summed E-state index contributed by atoms with van der Waals surface area (Å²) < 4.78 is 4.97. The van der Waals surface area contributed by atoms with Crippen LogP contribution in [0.2, 0.25) is 0 Å². The maximum absolute atomic E-state index is 12.1. The Morgan fingerprint density at radius 3 is 2.54 bits per heavy atom. The lowest BCUT2D eigenvalue weighted by atomic mass is 9.90. The molecule has 0 saturated heterocycles. The molecule has 2 aromatic carbocycles. The van der Waals surface area contributed by atoms with Gasteiger partial charge in [-0.1, -0.05) is 48.5 Å². The van der Waals surface area contributed by atoms with Crippen LogP contribution in [0.1, 0.15) is 22.9 Å². The van der Waals surface area contributed by atoms with Gasteiger partial charge in [0.25, 0.3) is 0 Å². The average Bonchev–Trinajstić information content (AvgIpc) is 2.99. The quantitative estimate of drug-likeness (QED) is 0.702. The summed E-state index contributed by atoms with van der Waals surface area (Å²) in [5, 5.41) is 4.61. The van der Waals surface area contributed by atoms with E-state index in [1.165, 1.54) is 18.1 Å². The Labute approximate surface area is 146 Å². The molecule has 0 aliphatic carbocycles. The number of nitrogens with one attached hydrogen (secondary N) is 2. The number of aromatic amines is 1. The first-order chi connectivity index (χ1) is 11.3. The molecule has 0 bridgehead atoms. The maximum atomic E-state index is 12.1. The highest BCUT2D eigenvalue weighted by Crippen LogP contribution is 2.35. The molecule has 24 heavy (non-hydrogen) atoms. The van der Waals surface area contributed by atoms with Gasteiger partial charge in [0.1, 0.15) is 6.04 Å². The van der Waals surface area contributed by atoms with Crippen LogP contribution in [-0.2, 0) is 16.0 Å². The molecule has 1 aliphatic heterocycles. The number of ether oxygens (including phenoxy) is 1. The molecule has 4 nitrogen and oxygen atoms in total. The summed E-state index contributed by atoms with van der Waals surface area (Å²) in [6.45, 7) is 0. The summed E-state index contributed by atoms with van der Waals surface area (Å²) >= 11 is 0. The van der Waals surface area contributed by atoms with Gasteiger partial charge in [0.15, 0.2) is 0 Å². The first-order valence-corrected chi connectivity index (χ1v) is 7.76. The Bertz CT molecular complexity index is 860. The Morgan fingerprint density at radius 1 is 1.08 bits per heavy atom. The van der Waals surface area contributed by atoms with E-state index < -0.39 is 0 Å². The number of carbonyl (C=O) groups is 1. The third-order valence-electron chi connectivity index (χ3n) is 4.53. The number of hydrogen-bond donors (Lipinski definition) is 2. The van der Waals surface area contributed by atoms with Crippen molar-refractivity contribution in [3.63, 3.8) is 0 Å². The molecule has 2 N–H and O–H groups in total. The van der Waals surface area contributed by atoms with Crippen molar-refractivity contribution in [3.05, 3.63) is 71.4 Å². The lowest BCUT2D eigenvalue weighted by Crippen LogP contribution is -2.45. The van der Waals surface area contributed by atoms with Crippen LogP contribution in [-0.4, -0.2) is 24.1 Å². The van der Waals surface area contributed by atoms with Gasteiger partial charge in [0.2, 0.25) is 0 Å². The third-order valence-corrected chi connectivity index (χ3v) is 4.53. The zero-order valence-corrected chi connectivity index (χ0v) is 14.1. The molecule has 1 aliphatic rings. The number of esters is 1. The molecular formula is C19H19ClN2O2. The van der Waals surface area contributed by atoms with Gasteiger partial charge in [-0.25, -0.2) is 0 Å².